The van der Waals surface area contributed by atoms with Crippen molar-refractivity contribution >= 4 is 6.21 Å². The molecule has 64 valence electrons. The van der Waals surface area contributed by atoms with Gasteiger partial charge in [0, 0.05) is 5.56 Å². The number of aromatic hydroxyl groups is 1. The molecule has 12 heavy (non-hydrogen) atoms. The van der Waals surface area contributed by atoms with Gasteiger partial charge < -0.3 is 15.1 Å². The first-order valence-electron chi connectivity index (χ1n) is 3.33. The highest BCUT2D eigenvalue weighted by atomic mass is 16.5. The van der Waals surface area contributed by atoms with Crippen LogP contribution in [0.25, 0.3) is 0 Å². The monoisotopic (exact) mass is 167 g/mol. The smallest absolute Gasteiger partial charge is 0.166 e. The zero-order chi connectivity index (χ0) is 8.97. The van der Waals surface area contributed by atoms with Crippen LogP contribution in [-0.2, 0) is 0 Å². The number of methoxy groups -OCH3 is 1. The number of phenols is 1. The summed E-state index contributed by atoms with van der Waals surface area (Å²) in [4.78, 5) is 0. The summed E-state index contributed by atoms with van der Waals surface area (Å²) in [5, 5.41) is 20.4. The highest BCUT2D eigenvalue weighted by Crippen LogP contribution is 2.27. The number of rotatable bonds is 2. The number of hydrogen-bond acceptors (Lipinski definition) is 4. The summed E-state index contributed by atoms with van der Waals surface area (Å²) in [5.74, 6) is 0.324. The third-order valence-electron chi connectivity index (χ3n) is 1.45. The van der Waals surface area contributed by atoms with E-state index in [1.165, 1.54) is 7.11 Å². The van der Waals surface area contributed by atoms with Crippen LogP contribution in [-0.4, -0.2) is 23.6 Å². The molecule has 0 bridgehead atoms. The van der Waals surface area contributed by atoms with Gasteiger partial charge in [-0.3, -0.25) is 0 Å². The second-order valence-electron chi connectivity index (χ2n) is 2.14. The Morgan fingerprint density at radius 3 is 2.83 bits per heavy atom. The second-order valence-corrected chi connectivity index (χ2v) is 2.14. The van der Waals surface area contributed by atoms with E-state index in [0.717, 1.165) is 6.21 Å². The number of hydrogen-bond donors (Lipinski definition) is 2. The van der Waals surface area contributed by atoms with E-state index >= 15 is 0 Å². The molecule has 1 aromatic carbocycles. The Balaban J connectivity index is 3.13. The van der Waals surface area contributed by atoms with Gasteiger partial charge in [-0.2, -0.15) is 0 Å². The van der Waals surface area contributed by atoms with Crippen LogP contribution in [0.4, 0.5) is 0 Å². The van der Waals surface area contributed by atoms with E-state index in [1.54, 1.807) is 18.2 Å². The summed E-state index contributed by atoms with van der Waals surface area (Å²) in [5.41, 5.74) is 0.414. The average molecular weight is 167 g/mol. The largest absolute Gasteiger partial charge is 0.504 e. The van der Waals surface area contributed by atoms with E-state index in [0.29, 0.717) is 11.3 Å². The Morgan fingerprint density at radius 2 is 2.25 bits per heavy atom. The van der Waals surface area contributed by atoms with Crippen molar-refractivity contribution in [3.05, 3.63) is 23.8 Å². The second kappa shape index (κ2) is 3.61. The van der Waals surface area contributed by atoms with Gasteiger partial charge in [-0.1, -0.05) is 11.2 Å². The lowest BCUT2D eigenvalue weighted by molar-refractivity contribution is 0.321. The number of phenolic OH excluding ortho intramolecular Hbond substituents is 1. The topological polar surface area (TPSA) is 62.0 Å². The maximum Gasteiger partial charge on any atom is 0.166 e. The molecule has 0 saturated heterocycles. The van der Waals surface area contributed by atoms with Gasteiger partial charge in [0.1, 0.15) is 0 Å². The molecule has 0 spiro atoms. The van der Waals surface area contributed by atoms with Crippen LogP contribution in [0.5, 0.6) is 11.5 Å². The molecule has 0 amide bonds. The van der Waals surface area contributed by atoms with Crippen LogP contribution in [0.2, 0.25) is 0 Å². The van der Waals surface area contributed by atoms with E-state index in [9.17, 15) is 5.11 Å². The van der Waals surface area contributed by atoms with Crippen LogP contribution in [0, 0.1) is 0 Å². The first-order chi connectivity index (χ1) is 5.79. The molecular formula is C8H9NO3. The number of oxime groups is 1. The minimum absolute atomic E-state index is 0.0298. The molecule has 0 aromatic heterocycles. The van der Waals surface area contributed by atoms with E-state index in [1.807, 2.05) is 0 Å². The van der Waals surface area contributed by atoms with Gasteiger partial charge in [0.25, 0.3) is 0 Å². The molecule has 0 fully saturated rings. The van der Waals surface area contributed by atoms with Crippen molar-refractivity contribution in [1.29, 1.82) is 0 Å². The molecular weight excluding hydrogens is 158 g/mol. The molecule has 0 aliphatic heterocycles. The molecule has 2 N–H and O–H groups in total. The van der Waals surface area contributed by atoms with E-state index in [-0.39, 0.29) is 5.75 Å². The Kier molecular flexibility index (Phi) is 2.53. The van der Waals surface area contributed by atoms with Gasteiger partial charge in [0.2, 0.25) is 0 Å². The first kappa shape index (κ1) is 8.39. The van der Waals surface area contributed by atoms with E-state index in [4.69, 9.17) is 9.94 Å². The molecule has 1 aromatic rings. The predicted molar refractivity (Wildman–Crippen MR) is 44.0 cm³/mol. The first-order valence-corrected chi connectivity index (χ1v) is 3.33. The Hall–Kier alpha value is -1.71. The SMILES string of the molecule is COc1cccc(/C=N\O)c1O. The molecule has 1 rings (SSSR count). The molecule has 0 unspecified atom stereocenters. The van der Waals surface area contributed by atoms with Gasteiger partial charge in [0.05, 0.1) is 13.3 Å². The van der Waals surface area contributed by atoms with E-state index in [2.05, 4.69) is 5.16 Å². The van der Waals surface area contributed by atoms with Gasteiger partial charge in [0.15, 0.2) is 11.5 Å². The lowest BCUT2D eigenvalue weighted by atomic mass is 10.2. The highest BCUT2D eigenvalue weighted by molar-refractivity contribution is 5.84. The van der Waals surface area contributed by atoms with Crippen molar-refractivity contribution in [3.63, 3.8) is 0 Å². The van der Waals surface area contributed by atoms with Gasteiger partial charge in [-0.25, -0.2) is 0 Å². The lowest BCUT2D eigenvalue weighted by Crippen LogP contribution is -1.87. The summed E-state index contributed by atoms with van der Waals surface area (Å²) < 4.78 is 4.84. The minimum Gasteiger partial charge on any atom is -0.504 e. The van der Waals surface area contributed by atoms with Crippen LogP contribution < -0.4 is 4.74 Å². The number of benzene rings is 1. The highest BCUT2D eigenvalue weighted by Gasteiger charge is 2.03. The molecule has 0 saturated carbocycles. The Bertz CT molecular complexity index is 296. The van der Waals surface area contributed by atoms with Crippen molar-refractivity contribution in [2.24, 2.45) is 5.16 Å². The fourth-order valence-corrected chi connectivity index (χ4v) is 0.870. The van der Waals surface area contributed by atoms with Crippen molar-refractivity contribution in [2.75, 3.05) is 7.11 Å². The third kappa shape index (κ3) is 1.47. The number of ether oxygens (including phenoxy) is 1. The molecule has 0 heterocycles. The number of para-hydroxylation sites is 1. The van der Waals surface area contributed by atoms with Gasteiger partial charge in [-0.15, -0.1) is 0 Å². The van der Waals surface area contributed by atoms with Gasteiger partial charge >= 0.3 is 0 Å². The molecule has 0 aliphatic rings. The standard InChI is InChI=1S/C8H9NO3/c1-12-7-4-2-3-6(5-9-11)8(7)10/h2-5,10-11H,1H3/b9-5-. The van der Waals surface area contributed by atoms with Crippen LogP contribution in [0.3, 0.4) is 0 Å². The zero-order valence-corrected chi connectivity index (χ0v) is 6.56. The van der Waals surface area contributed by atoms with Crippen LogP contribution >= 0.6 is 0 Å². The quantitative estimate of drug-likeness (QED) is 0.395. The van der Waals surface area contributed by atoms with E-state index < -0.39 is 0 Å². The predicted octanol–water partition coefficient (Wildman–Crippen LogP) is 1.21. The fraction of sp³-hybridized carbons (Fsp3) is 0.125. The van der Waals surface area contributed by atoms with Crippen molar-refractivity contribution < 1.29 is 15.1 Å². The number of nitrogens with zero attached hydrogens (tertiary/aromatic N) is 1. The Labute approximate surface area is 69.7 Å². The summed E-state index contributed by atoms with van der Waals surface area (Å²) in [6, 6.07) is 4.91. The lowest BCUT2D eigenvalue weighted by Gasteiger charge is -2.03. The van der Waals surface area contributed by atoms with Crippen LogP contribution in [0.15, 0.2) is 23.4 Å². The third-order valence-corrected chi connectivity index (χ3v) is 1.45. The zero-order valence-electron chi connectivity index (χ0n) is 6.56. The molecule has 4 nitrogen and oxygen atoms in total. The summed E-state index contributed by atoms with van der Waals surface area (Å²) in [6.07, 6.45) is 1.14. The minimum atomic E-state index is -0.0298. The summed E-state index contributed by atoms with van der Waals surface area (Å²) in [6.45, 7) is 0. The van der Waals surface area contributed by atoms with Crippen molar-refractivity contribution in [2.45, 2.75) is 0 Å². The molecule has 0 radical (unpaired) electrons. The van der Waals surface area contributed by atoms with Crippen molar-refractivity contribution in [1.82, 2.24) is 0 Å². The maximum atomic E-state index is 9.39. The average Bonchev–Trinajstić information content (AvgIpc) is 2.09. The fourth-order valence-electron chi connectivity index (χ4n) is 0.870. The normalized spacial score (nSPS) is 10.4. The maximum absolute atomic E-state index is 9.39. The summed E-state index contributed by atoms with van der Waals surface area (Å²) in [7, 11) is 1.45. The van der Waals surface area contributed by atoms with Crippen LogP contribution in [0.1, 0.15) is 5.56 Å². The van der Waals surface area contributed by atoms with Crippen molar-refractivity contribution in [3.8, 4) is 11.5 Å². The molecule has 4 heteroatoms. The molecule has 0 atom stereocenters. The van der Waals surface area contributed by atoms with Gasteiger partial charge in [-0.05, 0) is 12.1 Å². The summed E-state index contributed by atoms with van der Waals surface area (Å²) >= 11 is 0. The Morgan fingerprint density at radius 1 is 1.50 bits per heavy atom. The molecule has 0 aliphatic carbocycles.